The van der Waals surface area contributed by atoms with Crippen LogP contribution in [0.15, 0.2) is 24.3 Å². The van der Waals surface area contributed by atoms with Crippen LogP contribution in [0.5, 0.6) is 5.75 Å². The van der Waals surface area contributed by atoms with E-state index < -0.39 is 0 Å². The summed E-state index contributed by atoms with van der Waals surface area (Å²) in [5.74, 6) is 1.15. The van der Waals surface area contributed by atoms with Gasteiger partial charge in [-0.05, 0) is 18.1 Å². The molecule has 0 saturated carbocycles. The van der Waals surface area contributed by atoms with Crippen molar-refractivity contribution in [1.82, 2.24) is 4.90 Å². The van der Waals surface area contributed by atoms with E-state index in [-0.39, 0.29) is 12.0 Å². The van der Waals surface area contributed by atoms with E-state index in [1.165, 1.54) is 12.7 Å². The number of para-hydroxylation sites is 1. The molecule has 2 aliphatic rings. The summed E-state index contributed by atoms with van der Waals surface area (Å²) in [4.78, 5) is 14.1. The number of fused-ring (bicyclic) bond motifs is 1. The lowest BCUT2D eigenvalue weighted by Crippen LogP contribution is -2.51. The van der Waals surface area contributed by atoms with Crippen molar-refractivity contribution >= 4 is 5.97 Å². The van der Waals surface area contributed by atoms with Crippen LogP contribution >= 0.6 is 0 Å². The maximum absolute atomic E-state index is 11.9. The number of methoxy groups -OCH3 is 1. The smallest absolute Gasteiger partial charge is 0.325 e. The van der Waals surface area contributed by atoms with E-state index in [4.69, 9.17) is 14.2 Å². The van der Waals surface area contributed by atoms with Crippen LogP contribution in [-0.4, -0.2) is 56.9 Å². The van der Waals surface area contributed by atoms with E-state index in [1.807, 2.05) is 18.2 Å². The Balaban J connectivity index is 1.75. The summed E-state index contributed by atoms with van der Waals surface area (Å²) >= 11 is 0. The molecule has 2 heterocycles. The molecule has 3 rings (SSSR count). The number of nitrogens with zero attached hydrogens (tertiary/aromatic N) is 1. The summed E-state index contributed by atoms with van der Waals surface area (Å²) in [6, 6.07) is 7.87. The molecular formula is C16H21NO4. The fraction of sp³-hybridized carbons (Fsp3) is 0.562. The Labute approximate surface area is 124 Å². The number of morpholine rings is 1. The lowest BCUT2D eigenvalue weighted by Gasteiger charge is -2.37. The maximum Gasteiger partial charge on any atom is 0.325 e. The standard InChI is InChI=1S/C16H21NO4/c1-19-16(18)14-11-20-9-7-17(14)10-12-6-8-21-15-5-3-2-4-13(12)15/h2-5,12,14H,6-11H2,1H3. The van der Waals surface area contributed by atoms with Gasteiger partial charge in [0.25, 0.3) is 0 Å². The molecule has 1 fully saturated rings. The molecule has 2 unspecified atom stereocenters. The van der Waals surface area contributed by atoms with E-state index in [0.717, 1.165) is 31.9 Å². The van der Waals surface area contributed by atoms with Gasteiger partial charge in [0, 0.05) is 19.0 Å². The molecule has 0 aliphatic carbocycles. The third kappa shape index (κ3) is 3.04. The molecule has 0 radical (unpaired) electrons. The first-order chi connectivity index (χ1) is 10.3. The number of esters is 1. The summed E-state index contributed by atoms with van der Waals surface area (Å²) in [6.45, 7) is 3.41. The SMILES string of the molecule is COC(=O)C1COCCN1CC1CCOc2ccccc21. The zero-order valence-corrected chi connectivity index (χ0v) is 12.3. The molecule has 114 valence electrons. The van der Waals surface area contributed by atoms with Crippen LogP contribution in [0.3, 0.4) is 0 Å². The zero-order chi connectivity index (χ0) is 14.7. The molecule has 0 N–H and O–H groups in total. The van der Waals surface area contributed by atoms with Gasteiger partial charge in [0.05, 0.1) is 26.9 Å². The van der Waals surface area contributed by atoms with Crippen molar-refractivity contribution in [3.05, 3.63) is 29.8 Å². The number of hydrogen-bond acceptors (Lipinski definition) is 5. The number of carbonyl (C=O) groups excluding carboxylic acids is 1. The van der Waals surface area contributed by atoms with Crippen LogP contribution in [0.4, 0.5) is 0 Å². The van der Waals surface area contributed by atoms with Gasteiger partial charge < -0.3 is 14.2 Å². The minimum atomic E-state index is -0.293. The highest BCUT2D eigenvalue weighted by Gasteiger charge is 2.33. The third-order valence-corrected chi connectivity index (χ3v) is 4.25. The average molecular weight is 291 g/mol. The number of benzene rings is 1. The van der Waals surface area contributed by atoms with Crippen LogP contribution < -0.4 is 4.74 Å². The Kier molecular flexibility index (Phi) is 4.41. The van der Waals surface area contributed by atoms with E-state index in [2.05, 4.69) is 11.0 Å². The minimum Gasteiger partial charge on any atom is -0.493 e. The first-order valence-corrected chi connectivity index (χ1v) is 7.41. The van der Waals surface area contributed by atoms with Gasteiger partial charge in [0.2, 0.25) is 0 Å². The molecule has 0 aromatic heterocycles. The fourth-order valence-corrected chi connectivity index (χ4v) is 3.10. The van der Waals surface area contributed by atoms with Crippen molar-refractivity contribution in [3.63, 3.8) is 0 Å². The molecular weight excluding hydrogens is 270 g/mol. The highest BCUT2D eigenvalue weighted by Crippen LogP contribution is 2.34. The second kappa shape index (κ2) is 6.45. The van der Waals surface area contributed by atoms with Gasteiger partial charge in [0.1, 0.15) is 11.8 Å². The maximum atomic E-state index is 11.9. The Morgan fingerprint density at radius 2 is 2.24 bits per heavy atom. The van der Waals surface area contributed by atoms with E-state index in [9.17, 15) is 4.79 Å². The molecule has 1 saturated heterocycles. The Bertz CT molecular complexity index is 505. The highest BCUT2D eigenvalue weighted by molar-refractivity contribution is 5.76. The summed E-state index contributed by atoms with van der Waals surface area (Å²) in [5, 5.41) is 0. The molecule has 1 aromatic carbocycles. The molecule has 5 nitrogen and oxygen atoms in total. The molecule has 0 spiro atoms. The monoisotopic (exact) mass is 291 g/mol. The summed E-state index contributed by atoms with van der Waals surface area (Å²) < 4.78 is 16.0. The van der Waals surface area contributed by atoms with Crippen molar-refractivity contribution < 1.29 is 19.0 Å². The largest absolute Gasteiger partial charge is 0.493 e. The highest BCUT2D eigenvalue weighted by atomic mass is 16.5. The first kappa shape index (κ1) is 14.4. The predicted octanol–water partition coefficient (Wildman–Crippen LogP) is 1.43. The lowest BCUT2D eigenvalue weighted by molar-refractivity contribution is -0.153. The van der Waals surface area contributed by atoms with Crippen LogP contribution in [-0.2, 0) is 14.3 Å². The second-order valence-electron chi connectivity index (χ2n) is 5.48. The van der Waals surface area contributed by atoms with Crippen molar-refractivity contribution in [3.8, 4) is 5.75 Å². The van der Waals surface area contributed by atoms with E-state index in [1.54, 1.807) is 0 Å². The van der Waals surface area contributed by atoms with Gasteiger partial charge in [-0.25, -0.2) is 0 Å². The van der Waals surface area contributed by atoms with Crippen LogP contribution in [0.1, 0.15) is 17.9 Å². The molecule has 5 heteroatoms. The molecule has 1 aromatic rings. The van der Waals surface area contributed by atoms with Crippen molar-refractivity contribution in [2.24, 2.45) is 0 Å². The number of ether oxygens (including phenoxy) is 3. The molecule has 0 amide bonds. The van der Waals surface area contributed by atoms with Gasteiger partial charge in [-0.2, -0.15) is 0 Å². The van der Waals surface area contributed by atoms with Gasteiger partial charge >= 0.3 is 5.97 Å². The van der Waals surface area contributed by atoms with Crippen LogP contribution in [0.2, 0.25) is 0 Å². The van der Waals surface area contributed by atoms with Gasteiger partial charge in [0.15, 0.2) is 0 Å². The van der Waals surface area contributed by atoms with Gasteiger partial charge in [-0.1, -0.05) is 18.2 Å². The fourth-order valence-electron chi connectivity index (χ4n) is 3.10. The number of rotatable bonds is 3. The number of carbonyl (C=O) groups is 1. The van der Waals surface area contributed by atoms with Gasteiger partial charge in [-0.3, -0.25) is 9.69 Å². The summed E-state index contributed by atoms with van der Waals surface area (Å²) in [5.41, 5.74) is 1.24. The lowest BCUT2D eigenvalue weighted by atomic mass is 9.92. The second-order valence-corrected chi connectivity index (χ2v) is 5.48. The van der Waals surface area contributed by atoms with Crippen molar-refractivity contribution in [2.45, 2.75) is 18.4 Å². The molecule has 21 heavy (non-hydrogen) atoms. The normalized spacial score (nSPS) is 25.8. The Hall–Kier alpha value is -1.59. The first-order valence-electron chi connectivity index (χ1n) is 7.41. The summed E-state index contributed by atoms with van der Waals surface area (Å²) in [6.07, 6.45) is 0.974. The topological polar surface area (TPSA) is 48.0 Å². The Morgan fingerprint density at radius 1 is 1.38 bits per heavy atom. The van der Waals surface area contributed by atoms with Crippen molar-refractivity contribution in [1.29, 1.82) is 0 Å². The average Bonchev–Trinajstić information content (AvgIpc) is 2.55. The van der Waals surface area contributed by atoms with Crippen LogP contribution in [0.25, 0.3) is 0 Å². The molecule has 2 atom stereocenters. The minimum absolute atomic E-state index is 0.213. The molecule has 0 bridgehead atoms. The van der Waals surface area contributed by atoms with Gasteiger partial charge in [-0.15, -0.1) is 0 Å². The van der Waals surface area contributed by atoms with E-state index >= 15 is 0 Å². The van der Waals surface area contributed by atoms with Crippen molar-refractivity contribution in [2.75, 3.05) is 40.0 Å². The predicted molar refractivity (Wildman–Crippen MR) is 77.5 cm³/mol. The third-order valence-electron chi connectivity index (χ3n) is 4.25. The molecule has 2 aliphatic heterocycles. The quantitative estimate of drug-likeness (QED) is 0.788. The number of hydrogen-bond donors (Lipinski definition) is 0. The van der Waals surface area contributed by atoms with E-state index in [0.29, 0.717) is 19.1 Å². The Morgan fingerprint density at radius 3 is 3.10 bits per heavy atom. The summed E-state index contributed by atoms with van der Waals surface area (Å²) in [7, 11) is 1.43. The van der Waals surface area contributed by atoms with Crippen LogP contribution in [0, 0.1) is 0 Å². The zero-order valence-electron chi connectivity index (χ0n) is 12.3.